The molecule has 17 heavy (non-hydrogen) atoms. The van der Waals surface area contributed by atoms with E-state index < -0.39 is 33.7 Å². The minimum atomic E-state index is -5.15. The van der Waals surface area contributed by atoms with Crippen LogP contribution in [0.25, 0.3) is 0 Å². The van der Waals surface area contributed by atoms with Crippen LogP contribution in [0.3, 0.4) is 0 Å². The van der Waals surface area contributed by atoms with Crippen LogP contribution < -0.4 is 4.74 Å². The van der Waals surface area contributed by atoms with Crippen molar-refractivity contribution in [3.8, 4) is 5.75 Å². The molecule has 8 heteroatoms. The summed E-state index contributed by atoms with van der Waals surface area (Å²) in [5.74, 6) is -0.868. The van der Waals surface area contributed by atoms with E-state index >= 15 is 0 Å². The Morgan fingerprint density at radius 3 is 1.76 bits per heavy atom. The second-order valence-corrected chi connectivity index (χ2v) is 3.85. The third-order valence-corrected chi connectivity index (χ3v) is 2.56. The molecular formula is C9H5BrF6O. The quantitative estimate of drug-likeness (QED) is 0.692. The number of halogens is 7. The van der Waals surface area contributed by atoms with E-state index in [2.05, 4.69) is 20.7 Å². The van der Waals surface area contributed by atoms with Gasteiger partial charge in [0.2, 0.25) is 0 Å². The lowest BCUT2D eigenvalue weighted by molar-refractivity contribution is -0.163. The van der Waals surface area contributed by atoms with Crippen LogP contribution in [0.1, 0.15) is 11.1 Å². The fourth-order valence-electron chi connectivity index (χ4n) is 1.29. The Labute approximate surface area is 101 Å². The van der Waals surface area contributed by atoms with Crippen molar-refractivity contribution in [3.05, 3.63) is 27.7 Å². The molecule has 96 valence electrons. The van der Waals surface area contributed by atoms with Gasteiger partial charge in [-0.15, -0.1) is 0 Å². The van der Waals surface area contributed by atoms with Crippen LogP contribution >= 0.6 is 15.9 Å². The van der Waals surface area contributed by atoms with Gasteiger partial charge in [-0.1, -0.05) is 15.9 Å². The fraction of sp³-hybridized carbons (Fsp3) is 0.333. The van der Waals surface area contributed by atoms with Gasteiger partial charge in [0.25, 0.3) is 0 Å². The highest BCUT2D eigenvalue weighted by atomic mass is 79.9. The summed E-state index contributed by atoms with van der Waals surface area (Å²) in [4.78, 5) is 0. The van der Waals surface area contributed by atoms with Crippen molar-refractivity contribution < 1.29 is 31.1 Å². The van der Waals surface area contributed by atoms with E-state index in [0.717, 1.165) is 19.2 Å². The first kappa shape index (κ1) is 14.1. The summed E-state index contributed by atoms with van der Waals surface area (Å²) in [5.41, 5.74) is -3.62. The summed E-state index contributed by atoms with van der Waals surface area (Å²) in [7, 11) is 0.874. The van der Waals surface area contributed by atoms with Crippen molar-refractivity contribution in [2.45, 2.75) is 12.4 Å². The Balaban J connectivity index is 3.67. The molecule has 0 amide bonds. The van der Waals surface area contributed by atoms with Crippen LogP contribution in [-0.4, -0.2) is 7.11 Å². The zero-order valence-corrected chi connectivity index (χ0v) is 9.79. The molecule has 0 bridgehead atoms. The third kappa shape index (κ3) is 2.85. The monoisotopic (exact) mass is 322 g/mol. The molecule has 0 N–H and O–H groups in total. The minimum Gasteiger partial charge on any atom is -0.496 e. The van der Waals surface area contributed by atoms with E-state index in [1.807, 2.05) is 0 Å². The summed E-state index contributed by atoms with van der Waals surface area (Å²) >= 11 is 2.46. The van der Waals surface area contributed by atoms with Crippen LogP contribution in [0.4, 0.5) is 26.3 Å². The van der Waals surface area contributed by atoms with Crippen LogP contribution in [0, 0.1) is 0 Å². The predicted octanol–water partition coefficient (Wildman–Crippen LogP) is 4.50. The molecule has 1 rings (SSSR count). The lowest BCUT2D eigenvalue weighted by atomic mass is 10.1. The van der Waals surface area contributed by atoms with Crippen LogP contribution in [0.5, 0.6) is 5.75 Å². The number of ether oxygens (including phenoxy) is 1. The molecular weight excluding hydrogens is 318 g/mol. The lowest BCUT2D eigenvalue weighted by Crippen LogP contribution is -2.18. The van der Waals surface area contributed by atoms with Crippen LogP contribution in [0.2, 0.25) is 0 Å². The molecule has 1 aromatic rings. The van der Waals surface area contributed by atoms with Gasteiger partial charge in [0.15, 0.2) is 0 Å². The Bertz CT molecular complexity index is 423. The average molecular weight is 323 g/mol. The number of benzene rings is 1. The second kappa shape index (κ2) is 4.40. The molecule has 0 aliphatic rings. The zero-order valence-electron chi connectivity index (χ0n) is 8.21. The van der Waals surface area contributed by atoms with Crippen LogP contribution in [0.15, 0.2) is 16.6 Å². The van der Waals surface area contributed by atoms with Gasteiger partial charge in [0.05, 0.1) is 12.7 Å². The Hall–Kier alpha value is -0.920. The normalized spacial score (nSPS) is 12.7. The van der Waals surface area contributed by atoms with E-state index in [4.69, 9.17) is 0 Å². The minimum absolute atomic E-state index is 0.682. The molecule has 0 spiro atoms. The van der Waals surface area contributed by atoms with Crippen molar-refractivity contribution in [1.82, 2.24) is 0 Å². The van der Waals surface area contributed by atoms with E-state index in [1.54, 1.807) is 0 Å². The van der Waals surface area contributed by atoms with Crippen molar-refractivity contribution >= 4 is 15.9 Å². The summed E-state index contributed by atoms with van der Waals surface area (Å²) in [5, 5.41) is 0. The number of rotatable bonds is 1. The van der Waals surface area contributed by atoms with E-state index in [1.165, 1.54) is 0 Å². The maximum absolute atomic E-state index is 12.6. The maximum atomic E-state index is 12.6. The van der Waals surface area contributed by atoms with Gasteiger partial charge in [-0.3, -0.25) is 0 Å². The molecule has 0 aliphatic heterocycles. The number of hydrogen-bond donors (Lipinski definition) is 0. The molecule has 0 fully saturated rings. The SMILES string of the molecule is COc1ccc(Br)c(C(F)(F)F)c1C(F)(F)F. The predicted molar refractivity (Wildman–Crippen MR) is 50.7 cm³/mol. The topological polar surface area (TPSA) is 9.23 Å². The number of hydrogen-bond acceptors (Lipinski definition) is 1. The van der Waals surface area contributed by atoms with Gasteiger partial charge >= 0.3 is 12.4 Å². The molecule has 0 aliphatic carbocycles. The number of alkyl halides is 6. The molecule has 0 atom stereocenters. The van der Waals surface area contributed by atoms with E-state index in [0.29, 0.717) is 0 Å². The third-order valence-electron chi connectivity index (χ3n) is 1.90. The Morgan fingerprint density at radius 2 is 1.41 bits per heavy atom. The summed E-state index contributed by atoms with van der Waals surface area (Å²) in [6, 6.07) is 1.68. The molecule has 0 aromatic heterocycles. The molecule has 0 saturated heterocycles. The smallest absolute Gasteiger partial charge is 0.420 e. The summed E-state index contributed by atoms with van der Waals surface area (Å²) < 4.78 is 79.2. The lowest BCUT2D eigenvalue weighted by Gasteiger charge is -2.19. The average Bonchev–Trinajstić information content (AvgIpc) is 2.13. The fourth-order valence-corrected chi connectivity index (χ4v) is 1.84. The van der Waals surface area contributed by atoms with Gasteiger partial charge in [-0.2, -0.15) is 26.3 Å². The van der Waals surface area contributed by atoms with Crippen molar-refractivity contribution in [2.75, 3.05) is 7.11 Å². The highest BCUT2D eigenvalue weighted by molar-refractivity contribution is 9.10. The Morgan fingerprint density at radius 1 is 0.941 bits per heavy atom. The van der Waals surface area contributed by atoms with Gasteiger partial charge in [-0.25, -0.2) is 0 Å². The maximum Gasteiger partial charge on any atom is 0.420 e. The first-order valence-electron chi connectivity index (χ1n) is 4.10. The van der Waals surface area contributed by atoms with Crippen LogP contribution in [-0.2, 0) is 12.4 Å². The molecule has 1 nitrogen and oxygen atoms in total. The second-order valence-electron chi connectivity index (χ2n) is 3.00. The molecule has 0 saturated carbocycles. The largest absolute Gasteiger partial charge is 0.496 e. The Kier molecular flexibility index (Phi) is 3.66. The van der Waals surface area contributed by atoms with E-state index in [9.17, 15) is 26.3 Å². The van der Waals surface area contributed by atoms with Gasteiger partial charge in [0, 0.05) is 4.47 Å². The van der Waals surface area contributed by atoms with Gasteiger partial charge < -0.3 is 4.74 Å². The van der Waals surface area contributed by atoms with E-state index in [-0.39, 0.29) is 0 Å². The highest BCUT2D eigenvalue weighted by Gasteiger charge is 2.47. The first-order chi connectivity index (χ1) is 7.59. The molecule has 1 aromatic carbocycles. The van der Waals surface area contributed by atoms with Gasteiger partial charge in [0.1, 0.15) is 11.3 Å². The van der Waals surface area contributed by atoms with Crippen molar-refractivity contribution in [2.24, 2.45) is 0 Å². The molecule has 0 heterocycles. The zero-order chi connectivity index (χ0) is 13.4. The standard InChI is InChI=1S/C9H5BrF6O/c1-17-5-3-2-4(10)6(8(11,12)13)7(5)9(14,15)16/h2-3H,1H3. The van der Waals surface area contributed by atoms with Crippen molar-refractivity contribution in [3.63, 3.8) is 0 Å². The first-order valence-corrected chi connectivity index (χ1v) is 4.89. The summed E-state index contributed by atoms with van der Waals surface area (Å²) in [6.45, 7) is 0. The summed E-state index contributed by atoms with van der Waals surface area (Å²) in [6.07, 6.45) is -10.3. The highest BCUT2D eigenvalue weighted by Crippen LogP contribution is 2.47. The van der Waals surface area contributed by atoms with Gasteiger partial charge in [-0.05, 0) is 12.1 Å². The number of methoxy groups -OCH3 is 1. The molecule has 0 radical (unpaired) electrons. The van der Waals surface area contributed by atoms with Crippen molar-refractivity contribution in [1.29, 1.82) is 0 Å². The molecule has 0 unspecified atom stereocenters.